The summed E-state index contributed by atoms with van der Waals surface area (Å²) in [6, 6.07) is 4.96. The monoisotopic (exact) mass is 340 g/mol. The van der Waals surface area contributed by atoms with Crippen molar-refractivity contribution in [2.45, 2.75) is 26.4 Å². The third-order valence-corrected chi connectivity index (χ3v) is 3.47. The Morgan fingerprint density at radius 2 is 2.26 bits per heavy atom. The minimum absolute atomic E-state index is 0.0250. The fourth-order valence-corrected chi connectivity index (χ4v) is 2.38. The predicted molar refractivity (Wildman–Crippen MR) is 88.0 cm³/mol. The first kappa shape index (κ1) is 17.6. The topological polar surface area (TPSA) is 67.9 Å². The van der Waals surface area contributed by atoms with Crippen LogP contribution in [0.2, 0.25) is 5.02 Å². The first-order valence-electron chi connectivity index (χ1n) is 7.59. The van der Waals surface area contributed by atoms with Crippen molar-refractivity contribution < 1.29 is 19.1 Å². The molecule has 0 aliphatic carbocycles. The van der Waals surface area contributed by atoms with Gasteiger partial charge in [0.1, 0.15) is 6.54 Å². The molecule has 0 unspecified atom stereocenters. The summed E-state index contributed by atoms with van der Waals surface area (Å²) in [4.78, 5) is 25.3. The highest BCUT2D eigenvalue weighted by Gasteiger charge is 2.25. The van der Waals surface area contributed by atoms with E-state index in [1.807, 2.05) is 13.8 Å². The summed E-state index contributed by atoms with van der Waals surface area (Å²) < 4.78 is 10.6. The number of hydrogen-bond acceptors (Lipinski definition) is 5. The summed E-state index contributed by atoms with van der Waals surface area (Å²) in [5.74, 6) is -0.128. The van der Waals surface area contributed by atoms with Gasteiger partial charge in [0.2, 0.25) is 5.91 Å². The number of anilines is 1. The second-order valence-electron chi connectivity index (χ2n) is 5.57. The van der Waals surface area contributed by atoms with Gasteiger partial charge in [-0.05, 0) is 38.5 Å². The Bertz CT molecular complexity index is 577. The minimum Gasteiger partial charge on any atom is -0.423 e. The van der Waals surface area contributed by atoms with E-state index in [4.69, 9.17) is 21.1 Å². The molecule has 1 aromatic carbocycles. The molecule has 0 saturated carbocycles. The van der Waals surface area contributed by atoms with Crippen molar-refractivity contribution in [1.29, 1.82) is 0 Å². The molecule has 0 aromatic heterocycles. The molecule has 7 heteroatoms. The standard InChI is InChI=1S/C16H21ClN2O4/c1-11(2)22-7-3-6-18-15(20)9-19-10-16(21)23-14-5-4-12(17)8-13(14)19/h4-5,8,11H,3,6-7,9-10H2,1-2H3,(H,18,20). The van der Waals surface area contributed by atoms with E-state index in [0.29, 0.717) is 29.6 Å². The fourth-order valence-electron chi connectivity index (χ4n) is 2.21. The van der Waals surface area contributed by atoms with Crippen LogP contribution in [0.15, 0.2) is 18.2 Å². The molecule has 126 valence electrons. The normalized spacial score (nSPS) is 13.7. The molecule has 2 rings (SSSR count). The molecule has 0 bridgehead atoms. The Kier molecular flexibility index (Phi) is 6.24. The highest BCUT2D eigenvalue weighted by Crippen LogP contribution is 2.34. The average molecular weight is 341 g/mol. The number of hydrogen-bond donors (Lipinski definition) is 1. The van der Waals surface area contributed by atoms with E-state index < -0.39 is 5.97 Å². The van der Waals surface area contributed by atoms with Gasteiger partial charge in [-0.3, -0.25) is 4.79 Å². The molecule has 1 aromatic rings. The van der Waals surface area contributed by atoms with Gasteiger partial charge in [-0.2, -0.15) is 0 Å². The molecule has 0 fully saturated rings. The second-order valence-corrected chi connectivity index (χ2v) is 6.00. The molecule has 1 N–H and O–H groups in total. The van der Waals surface area contributed by atoms with E-state index in [9.17, 15) is 9.59 Å². The van der Waals surface area contributed by atoms with Crippen molar-refractivity contribution in [3.8, 4) is 5.75 Å². The summed E-state index contributed by atoms with van der Waals surface area (Å²) in [5.41, 5.74) is 0.649. The number of carbonyl (C=O) groups is 2. The molecule has 1 aliphatic heterocycles. The number of fused-ring (bicyclic) bond motifs is 1. The van der Waals surface area contributed by atoms with Crippen LogP contribution in [0.4, 0.5) is 5.69 Å². The zero-order chi connectivity index (χ0) is 16.8. The van der Waals surface area contributed by atoms with Crippen LogP contribution in [0.25, 0.3) is 0 Å². The van der Waals surface area contributed by atoms with E-state index in [1.54, 1.807) is 23.1 Å². The lowest BCUT2D eigenvalue weighted by Gasteiger charge is -2.29. The Hall–Kier alpha value is -1.79. The van der Waals surface area contributed by atoms with Crippen molar-refractivity contribution >= 4 is 29.2 Å². The van der Waals surface area contributed by atoms with Crippen LogP contribution in [0, 0.1) is 0 Å². The lowest BCUT2D eigenvalue weighted by molar-refractivity contribution is -0.133. The van der Waals surface area contributed by atoms with Crippen molar-refractivity contribution in [1.82, 2.24) is 5.32 Å². The molecule has 23 heavy (non-hydrogen) atoms. The van der Waals surface area contributed by atoms with Gasteiger partial charge in [0.15, 0.2) is 5.75 Å². The van der Waals surface area contributed by atoms with Crippen LogP contribution in [0.1, 0.15) is 20.3 Å². The number of esters is 1. The lowest BCUT2D eigenvalue weighted by atomic mass is 10.2. The van der Waals surface area contributed by atoms with Crippen LogP contribution in [-0.2, 0) is 14.3 Å². The molecule has 0 atom stereocenters. The molecule has 0 saturated heterocycles. The molecular formula is C16H21ClN2O4. The highest BCUT2D eigenvalue weighted by atomic mass is 35.5. The van der Waals surface area contributed by atoms with Crippen LogP contribution >= 0.6 is 11.6 Å². The van der Waals surface area contributed by atoms with Gasteiger partial charge < -0.3 is 19.7 Å². The number of amides is 1. The molecule has 0 radical (unpaired) electrons. The van der Waals surface area contributed by atoms with E-state index in [2.05, 4.69) is 5.32 Å². The largest absolute Gasteiger partial charge is 0.423 e. The maximum atomic E-state index is 12.0. The van der Waals surface area contributed by atoms with E-state index in [1.165, 1.54) is 0 Å². The first-order valence-corrected chi connectivity index (χ1v) is 7.97. The van der Waals surface area contributed by atoms with Crippen molar-refractivity contribution in [3.63, 3.8) is 0 Å². The number of nitrogens with one attached hydrogen (secondary N) is 1. The highest BCUT2D eigenvalue weighted by molar-refractivity contribution is 6.31. The molecular weight excluding hydrogens is 320 g/mol. The smallest absolute Gasteiger partial charge is 0.331 e. The number of rotatable bonds is 7. The number of ether oxygens (including phenoxy) is 2. The van der Waals surface area contributed by atoms with E-state index in [0.717, 1.165) is 6.42 Å². The number of nitrogens with zero attached hydrogens (tertiary/aromatic N) is 1. The third kappa shape index (κ3) is 5.41. The van der Waals surface area contributed by atoms with Gasteiger partial charge in [-0.1, -0.05) is 11.6 Å². The second kappa shape index (κ2) is 8.17. The minimum atomic E-state index is -0.391. The van der Waals surface area contributed by atoms with Gasteiger partial charge in [0, 0.05) is 18.2 Å². The molecule has 1 aliphatic rings. The summed E-state index contributed by atoms with van der Waals surface area (Å²) in [6.45, 7) is 5.18. The SMILES string of the molecule is CC(C)OCCCNC(=O)CN1CC(=O)Oc2ccc(Cl)cc21. The van der Waals surface area contributed by atoms with Gasteiger partial charge in [-0.25, -0.2) is 4.79 Å². The zero-order valence-electron chi connectivity index (χ0n) is 13.3. The number of benzene rings is 1. The fraction of sp³-hybridized carbons (Fsp3) is 0.500. The predicted octanol–water partition coefficient (Wildman–Crippen LogP) is 2.00. The van der Waals surface area contributed by atoms with E-state index >= 15 is 0 Å². The summed E-state index contributed by atoms with van der Waals surface area (Å²) in [5, 5.41) is 3.34. The van der Waals surface area contributed by atoms with Crippen molar-refractivity contribution in [2.75, 3.05) is 31.1 Å². The Balaban J connectivity index is 1.86. The van der Waals surface area contributed by atoms with Gasteiger partial charge in [-0.15, -0.1) is 0 Å². The van der Waals surface area contributed by atoms with Crippen LogP contribution in [-0.4, -0.2) is 44.2 Å². The van der Waals surface area contributed by atoms with Gasteiger partial charge >= 0.3 is 5.97 Å². The molecule has 6 nitrogen and oxygen atoms in total. The zero-order valence-corrected chi connectivity index (χ0v) is 14.1. The quantitative estimate of drug-likeness (QED) is 0.467. The van der Waals surface area contributed by atoms with E-state index in [-0.39, 0.29) is 25.1 Å². The summed E-state index contributed by atoms with van der Waals surface area (Å²) in [7, 11) is 0. The van der Waals surface area contributed by atoms with Crippen LogP contribution in [0.3, 0.4) is 0 Å². The van der Waals surface area contributed by atoms with Crippen molar-refractivity contribution in [3.05, 3.63) is 23.2 Å². The Morgan fingerprint density at radius 3 is 3.00 bits per heavy atom. The summed E-state index contributed by atoms with van der Waals surface area (Å²) in [6.07, 6.45) is 0.931. The molecule has 1 heterocycles. The number of carbonyl (C=O) groups excluding carboxylic acids is 2. The maximum absolute atomic E-state index is 12.0. The lowest BCUT2D eigenvalue weighted by Crippen LogP contribution is -2.43. The Labute approximate surface area is 140 Å². The first-order chi connectivity index (χ1) is 11.0. The maximum Gasteiger partial charge on any atom is 0.331 e. The number of halogens is 1. The average Bonchev–Trinajstić information content (AvgIpc) is 2.47. The van der Waals surface area contributed by atoms with Crippen LogP contribution in [0.5, 0.6) is 5.75 Å². The van der Waals surface area contributed by atoms with Gasteiger partial charge in [0.25, 0.3) is 0 Å². The van der Waals surface area contributed by atoms with Crippen LogP contribution < -0.4 is 15.0 Å². The van der Waals surface area contributed by atoms with Gasteiger partial charge in [0.05, 0.1) is 18.3 Å². The molecule has 1 amide bonds. The third-order valence-electron chi connectivity index (χ3n) is 3.23. The Morgan fingerprint density at radius 1 is 1.48 bits per heavy atom. The summed E-state index contributed by atoms with van der Waals surface area (Å²) >= 11 is 5.98. The van der Waals surface area contributed by atoms with Crippen molar-refractivity contribution in [2.24, 2.45) is 0 Å². The molecule has 0 spiro atoms.